The van der Waals surface area contributed by atoms with E-state index < -0.39 is 30.1 Å². The fraction of sp³-hybridized carbons (Fsp3) is 0.375. The van der Waals surface area contributed by atoms with Crippen molar-refractivity contribution in [1.82, 2.24) is 10.6 Å². The minimum atomic E-state index is -1.02. The van der Waals surface area contributed by atoms with Crippen molar-refractivity contribution in [3.05, 3.63) is 59.7 Å². The SMILES string of the molecule is C[C@H](CC(=O)NC(C(=O)O)C1CC1)NC(=O)OCC1c2ccccc2-c2ccccc21. The molecular formula is C24H26N2O5. The first-order chi connectivity index (χ1) is 14.9. The molecule has 0 radical (unpaired) electrons. The third kappa shape index (κ3) is 4.71. The number of benzene rings is 2. The molecule has 0 saturated heterocycles. The minimum Gasteiger partial charge on any atom is -0.480 e. The highest BCUT2D eigenvalue weighted by Gasteiger charge is 2.37. The largest absolute Gasteiger partial charge is 0.480 e. The monoisotopic (exact) mass is 422 g/mol. The Bertz CT molecular complexity index is 955. The number of amides is 2. The van der Waals surface area contributed by atoms with Crippen molar-refractivity contribution < 1.29 is 24.2 Å². The number of rotatable bonds is 8. The second-order valence-corrected chi connectivity index (χ2v) is 8.30. The molecule has 2 aromatic carbocycles. The van der Waals surface area contributed by atoms with E-state index in [2.05, 4.69) is 22.8 Å². The van der Waals surface area contributed by atoms with Gasteiger partial charge in [-0.2, -0.15) is 0 Å². The lowest BCUT2D eigenvalue weighted by atomic mass is 9.98. The first kappa shape index (κ1) is 20.9. The van der Waals surface area contributed by atoms with Crippen molar-refractivity contribution in [2.75, 3.05) is 6.61 Å². The highest BCUT2D eigenvalue weighted by molar-refractivity contribution is 5.84. The van der Waals surface area contributed by atoms with Gasteiger partial charge in [-0.3, -0.25) is 4.79 Å². The van der Waals surface area contributed by atoms with Gasteiger partial charge in [-0.05, 0) is 47.9 Å². The molecule has 0 aliphatic heterocycles. The molecule has 2 aliphatic carbocycles. The van der Waals surface area contributed by atoms with Gasteiger partial charge in [0.1, 0.15) is 12.6 Å². The first-order valence-electron chi connectivity index (χ1n) is 10.6. The molecule has 0 aromatic heterocycles. The second-order valence-electron chi connectivity index (χ2n) is 8.30. The normalized spacial score (nSPS) is 16.5. The summed E-state index contributed by atoms with van der Waals surface area (Å²) in [6.45, 7) is 1.88. The Morgan fingerprint density at radius 2 is 1.58 bits per heavy atom. The molecule has 7 heteroatoms. The van der Waals surface area contributed by atoms with Crippen LogP contribution in [0.25, 0.3) is 11.1 Å². The average molecular weight is 422 g/mol. The maximum Gasteiger partial charge on any atom is 0.407 e. The van der Waals surface area contributed by atoms with Crippen molar-refractivity contribution in [1.29, 1.82) is 0 Å². The van der Waals surface area contributed by atoms with E-state index in [1.54, 1.807) is 6.92 Å². The van der Waals surface area contributed by atoms with Crippen molar-refractivity contribution in [2.24, 2.45) is 5.92 Å². The Kier molecular flexibility index (Phi) is 5.93. The van der Waals surface area contributed by atoms with Gasteiger partial charge in [-0.1, -0.05) is 48.5 Å². The molecule has 162 valence electrons. The van der Waals surface area contributed by atoms with Crippen molar-refractivity contribution in [3.8, 4) is 11.1 Å². The lowest BCUT2D eigenvalue weighted by Crippen LogP contribution is -2.45. The average Bonchev–Trinajstić information content (AvgIpc) is 3.53. The number of fused-ring (bicyclic) bond motifs is 3. The Morgan fingerprint density at radius 3 is 2.13 bits per heavy atom. The molecule has 2 aromatic rings. The van der Waals surface area contributed by atoms with Crippen LogP contribution >= 0.6 is 0 Å². The number of carboxylic acid groups (broad SMARTS) is 1. The van der Waals surface area contributed by atoms with E-state index in [-0.39, 0.29) is 24.9 Å². The van der Waals surface area contributed by atoms with Crippen LogP contribution in [0.3, 0.4) is 0 Å². The van der Waals surface area contributed by atoms with E-state index in [1.165, 1.54) is 0 Å². The molecule has 3 N–H and O–H groups in total. The Morgan fingerprint density at radius 1 is 1.00 bits per heavy atom. The Hall–Kier alpha value is -3.35. The molecule has 2 aliphatic rings. The highest BCUT2D eigenvalue weighted by Crippen LogP contribution is 2.44. The molecule has 0 spiro atoms. The van der Waals surface area contributed by atoms with Crippen LogP contribution in [-0.2, 0) is 14.3 Å². The van der Waals surface area contributed by atoms with E-state index in [0.717, 1.165) is 35.1 Å². The van der Waals surface area contributed by atoms with Gasteiger partial charge in [0.15, 0.2) is 0 Å². The Labute approximate surface area is 180 Å². The maximum atomic E-state index is 12.3. The van der Waals surface area contributed by atoms with E-state index in [4.69, 9.17) is 4.74 Å². The summed E-state index contributed by atoms with van der Waals surface area (Å²) >= 11 is 0. The molecule has 31 heavy (non-hydrogen) atoms. The van der Waals surface area contributed by atoms with Crippen LogP contribution in [0.5, 0.6) is 0 Å². The van der Waals surface area contributed by atoms with Crippen LogP contribution in [0.4, 0.5) is 4.79 Å². The smallest absolute Gasteiger partial charge is 0.407 e. The number of carbonyl (C=O) groups is 3. The Balaban J connectivity index is 1.29. The van der Waals surface area contributed by atoms with Gasteiger partial charge < -0.3 is 20.5 Å². The van der Waals surface area contributed by atoms with E-state index in [9.17, 15) is 19.5 Å². The molecule has 2 amide bonds. The summed E-state index contributed by atoms with van der Waals surface area (Å²) in [6.07, 6.45) is 1.01. The number of ether oxygens (including phenoxy) is 1. The molecule has 1 fully saturated rings. The molecule has 2 atom stereocenters. The third-order valence-corrected chi connectivity index (χ3v) is 5.88. The molecule has 0 heterocycles. The maximum absolute atomic E-state index is 12.3. The van der Waals surface area contributed by atoms with Crippen molar-refractivity contribution >= 4 is 18.0 Å². The molecule has 1 unspecified atom stereocenters. The molecule has 1 saturated carbocycles. The molecule has 7 nitrogen and oxygen atoms in total. The van der Waals surface area contributed by atoms with Gasteiger partial charge in [0.2, 0.25) is 5.91 Å². The fourth-order valence-electron chi connectivity index (χ4n) is 4.21. The number of hydrogen-bond acceptors (Lipinski definition) is 4. The third-order valence-electron chi connectivity index (χ3n) is 5.88. The predicted octanol–water partition coefficient (Wildman–Crippen LogP) is 3.28. The number of alkyl carbamates (subject to hydrolysis) is 1. The van der Waals surface area contributed by atoms with Gasteiger partial charge in [-0.15, -0.1) is 0 Å². The van der Waals surface area contributed by atoms with Crippen molar-refractivity contribution in [2.45, 2.75) is 44.2 Å². The zero-order valence-electron chi connectivity index (χ0n) is 17.3. The van der Waals surface area contributed by atoms with E-state index in [1.807, 2.05) is 36.4 Å². The number of carbonyl (C=O) groups excluding carboxylic acids is 2. The number of hydrogen-bond donors (Lipinski definition) is 3. The predicted molar refractivity (Wildman–Crippen MR) is 115 cm³/mol. The van der Waals surface area contributed by atoms with Crippen LogP contribution in [-0.4, -0.2) is 41.8 Å². The fourth-order valence-corrected chi connectivity index (χ4v) is 4.21. The van der Waals surface area contributed by atoms with Gasteiger partial charge in [0.05, 0.1) is 0 Å². The van der Waals surface area contributed by atoms with Crippen LogP contribution in [0.15, 0.2) is 48.5 Å². The highest BCUT2D eigenvalue weighted by atomic mass is 16.5. The summed E-state index contributed by atoms with van der Waals surface area (Å²) in [5, 5.41) is 14.4. The van der Waals surface area contributed by atoms with Gasteiger partial charge in [-0.25, -0.2) is 9.59 Å². The lowest BCUT2D eigenvalue weighted by molar-refractivity contribution is -0.142. The summed E-state index contributed by atoms with van der Waals surface area (Å²) in [7, 11) is 0. The number of carboxylic acids is 1. The quantitative estimate of drug-likeness (QED) is 0.606. The number of nitrogens with one attached hydrogen (secondary N) is 2. The van der Waals surface area contributed by atoms with Crippen molar-refractivity contribution in [3.63, 3.8) is 0 Å². The van der Waals surface area contributed by atoms with Gasteiger partial charge in [0, 0.05) is 18.4 Å². The molecular weight excluding hydrogens is 396 g/mol. The van der Waals surface area contributed by atoms with E-state index in [0.29, 0.717) is 0 Å². The second kappa shape index (κ2) is 8.79. The summed E-state index contributed by atoms with van der Waals surface area (Å²) in [5.41, 5.74) is 4.56. The number of aliphatic carboxylic acids is 1. The standard InChI is InChI=1S/C24H26N2O5/c1-14(12-21(27)26-22(23(28)29)15-10-11-15)25-24(30)31-13-20-18-8-4-2-6-16(18)17-7-3-5-9-19(17)20/h2-9,14-15,20,22H,10-13H2,1H3,(H,25,30)(H,26,27)(H,28,29)/t14-,22?/m1/s1. The zero-order valence-corrected chi connectivity index (χ0v) is 17.3. The lowest BCUT2D eigenvalue weighted by Gasteiger charge is -2.18. The first-order valence-corrected chi connectivity index (χ1v) is 10.6. The van der Waals surface area contributed by atoms with Gasteiger partial charge in [0.25, 0.3) is 0 Å². The topological polar surface area (TPSA) is 105 Å². The van der Waals surface area contributed by atoms with Gasteiger partial charge >= 0.3 is 12.1 Å². The van der Waals surface area contributed by atoms with Crippen LogP contribution in [0.1, 0.15) is 43.2 Å². The van der Waals surface area contributed by atoms with Crippen LogP contribution in [0, 0.1) is 5.92 Å². The summed E-state index contributed by atoms with van der Waals surface area (Å²) in [5.74, 6) is -1.45. The van der Waals surface area contributed by atoms with Crippen LogP contribution in [0.2, 0.25) is 0 Å². The summed E-state index contributed by atoms with van der Waals surface area (Å²) in [4.78, 5) is 35.7. The minimum absolute atomic E-state index is 0.00634. The van der Waals surface area contributed by atoms with Crippen LogP contribution < -0.4 is 10.6 Å². The zero-order chi connectivity index (χ0) is 22.0. The summed E-state index contributed by atoms with van der Waals surface area (Å²) < 4.78 is 5.48. The molecule has 0 bridgehead atoms. The summed E-state index contributed by atoms with van der Waals surface area (Å²) in [6, 6.07) is 14.8. The molecule has 4 rings (SSSR count). The van der Waals surface area contributed by atoms with E-state index >= 15 is 0 Å².